The molecule has 0 unspecified atom stereocenters. The molecule has 0 atom stereocenters. The van der Waals surface area contributed by atoms with Gasteiger partial charge in [-0.3, -0.25) is 0 Å². The highest BCUT2D eigenvalue weighted by Crippen LogP contribution is 2.26. The fourth-order valence-electron chi connectivity index (χ4n) is 2.85. The number of nitrogens with zero attached hydrogens (tertiary/aromatic N) is 1. The molecule has 1 aliphatic carbocycles. The number of sulfonamides is 1. The highest BCUT2D eigenvalue weighted by Gasteiger charge is 2.30. The fraction of sp³-hybridized carbons (Fsp3) is 0.625. The summed E-state index contributed by atoms with van der Waals surface area (Å²) in [4.78, 5) is 0.379. The highest BCUT2D eigenvalue weighted by atomic mass is 32.2. The van der Waals surface area contributed by atoms with Crippen molar-refractivity contribution in [2.24, 2.45) is 5.73 Å². The van der Waals surface area contributed by atoms with Crippen molar-refractivity contribution < 1.29 is 8.42 Å². The van der Waals surface area contributed by atoms with Crippen LogP contribution in [0.5, 0.6) is 0 Å². The van der Waals surface area contributed by atoms with Crippen LogP contribution in [0.15, 0.2) is 29.2 Å². The lowest BCUT2D eigenvalue weighted by Crippen LogP contribution is -2.41. The molecule has 1 aliphatic rings. The van der Waals surface area contributed by atoms with Crippen molar-refractivity contribution in [3.05, 3.63) is 29.8 Å². The normalized spacial score (nSPS) is 23.7. The molecule has 0 radical (unpaired) electrons. The maximum atomic E-state index is 12.7. The van der Waals surface area contributed by atoms with Gasteiger partial charge in [-0.05, 0) is 49.3 Å². The monoisotopic (exact) mass is 310 g/mol. The van der Waals surface area contributed by atoms with Gasteiger partial charge in [0.25, 0.3) is 0 Å². The largest absolute Gasteiger partial charge is 0.328 e. The molecule has 2 rings (SSSR count). The molecule has 4 nitrogen and oxygen atoms in total. The van der Waals surface area contributed by atoms with Crippen LogP contribution in [0.3, 0.4) is 0 Å². The molecule has 0 bridgehead atoms. The molecular formula is C16H26N2O2S. The summed E-state index contributed by atoms with van der Waals surface area (Å²) >= 11 is 0. The Balaban J connectivity index is 2.16. The van der Waals surface area contributed by atoms with E-state index in [9.17, 15) is 8.42 Å². The molecule has 1 saturated carbocycles. The van der Waals surface area contributed by atoms with Gasteiger partial charge in [-0.15, -0.1) is 0 Å². The van der Waals surface area contributed by atoms with Crippen LogP contribution in [0.25, 0.3) is 0 Å². The van der Waals surface area contributed by atoms with Gasteiger partial charge in [0.05, 0.1) is 4.90 Å². The minimum absolute atomic E-state index is 0.0691. The van der Waals surface area contributed by atoms with Crippen LogP contribution in [0.1, 0.15) is 51.0 Å². The molecule has 5 heteroatoms. The van der Waals surface area contributed by atoms with Gasteiger partial charge in [-0.1, -0.05) is 26.0 Å². The molecule has 0 aliphatic heterocycles. The topological polar surface area (TPSA) is 63.4 Å². The first-order valence-corrected chi connectivity index (χ1v) is 9.10. The number of nitrogens with two attached hydrogens (primary N) is 1. The summed E-state index contributed by atoms with van der Waals surface area (Å²) in [6.45, 7) is 4.20. The van der Waals surface area contributed by atoms with E-state index in [-0.39, 0.29) is 12.1 Å². The maximum Gasteiger partial charge on any atom is 0.243 e. The van der Waals surface area contributed by atoms with E-state index >= 15 is 0 Å². The third-order valence-electron chi connectivity index (χ3n) is 4.48. The van der Waals surface area contributed by atoms with Crippen molar-refractivity contribution in [1.29, 1.82) is 0 Å². The van der Waals surface area contributed by atoms with Crippen molar-refractivity contribution in [3.8, 4) is 0 Å². The zero-order valence-corrected chi connectivity index (χ0v) is 13.9. The van der Waals surface area contributed by atoms with E-state index in [0.29, 0.717) is 10.8 Å². The zero-order chi connectivity index (χ0) is 15.6. The quantitative estimate of drug-likeness (QED) is 0.930. The van der Waals surface area contributed by atoms with Crippen LogP contribution in [0, 0.1) is 0 Å². The highest BCUT2D eigenvalue weighted by molar-refractivity contribution is 7.89. The lowest BCUT2D eigenvalue weighted by Gasteiger charge is -2.32. The van der Waals surface area contributed by atoms with Gasteiger partial charge in [0.15, 0.2) is 0 Å². The van der Waals surface area contributed by atoms with Crippen LogP contribution in [-0.2, 0) is 10.0 Å². The van der Waals surface area contributed by atoms with Gasteiger partial charge in [-0.25, -0.2) is 8.42 Å². The Morgan fingerprint density at radius 1 is 1.10 bits per heavy atom. The van der Waals surface area contributed by atoms with E-state index in [2.05, 4.69) is 13.8 Å². The summed E-state index contributed by atoms with van der Waals surface area (Å²) in [5.74, 6) is 0.402. The van der Waals surface area contributed by atoms with Crippen molar-refractivity contribution in [3.63, 3.8) is 0 Å². The summed E-state index contributed by atoms with van der Waals surface area (Å²) in [5.41, 5.74) is 7.05. The predicted octanol–water partition coefficient (Wildman–Crippen LogP) is 2.70. The number of rotatable bonds is 4. The van der Waals surface area contributed by atoms with Gasteiger partial charge >= 0.3 is 0 Å². The Hall–Kier alpha value is -0.910. The molecule has 1 aromatic carbocycles. The zero-order valence-electron chi connectivity index (χ0n) is 13.1. The van der Waals surface area contributed by atoms with E-state index in [1.54, 1.807) is 19.2 Å². The number of benzene rings is 1. The third kappa shape index (κ3) is 3.65. The van der Waals surface area contributed by atoms with Crippen molar-refractivity contribution in [2.45, 2.75) is 62.4 Å². The molecule has 0 amide bonds. The van der Waals surface area contributed by atoms with Crippen LogP contribution in [-0.4, -0.2) is 31.9 Å². The molecule has 1 aromatic rings. The van der Waals surface area contributed by atoms with Crippen molar-refractivity contribution in [1.82, 2.24) is 4.31 Å². The average molecular weight is 310 g/mol. The smallest absolute Gasteiger partial charge is 0.243 e. The summed E-state index contributed by atoms with van der Waals surface area (Å²) in [6.07, 6.45) is 3.50. The molecule has 2 N–H and O–H groups in total. The first-order valence-electron chi connectivity index (χ1n) is 7.66. The lowest BCUT2D eigenvalue weighted by atomic mass is 9.92. The Bertz CT molecular complexity index is 558. The summed E-state index contributed by atoms with van der Waals surface area (Å²) < 4.78 is 26.9. The summed E-state index contributed by atoms with van der Waals surface area (Å²) in [6, 6.07) is 7.54. The van der Waals surface area contributed by atoms with Crippen molar-refractivity contribution >= 4 is 10.0 Å². The van der Waals surface area contributed by atoms with Gasteiger partial charge in [0, 0.05) is 19.1 Å². The SMILES string of the molecule is CC(C)c1ccc(S(=O)(=O)N(C)C2CCC(N)CC2)cc1. The second-order valence-corrected chi connectivity index (χ2v) is 8.31. The molecule has 0 heterocycles. The Morgan fingerprint density at radius 3 is 2.10 bits per heavy atom. The molecule has 21 heavy (non-hydrogen) atoms. The van der Waals surface area contributed by atoms with Gasteiger partial charge in [0.1, 0.15) is 0 Å². The second-order valence-electron chi connectivity index (χ2n) is 6.31. The standard InChI is InChI=1S/C16H26N2O2S/c1-12(2)13-4-10-16(11-5-13)21(19,20)18(3)15-8-6-14(17)7-9-15/h4-5,10-12,14-15H,6-9,17H2,1-3H3. The molecule has 118 valence electrons. The van der Waals surface area contributed by atoms with Crippen LogP contribution >= 0.6 is 0 Å². The Kier molecular flexibility index (Phi) is 5.07. The molecular weight excluding hydrogens is 284 g/mol. The van der Waals surface area contributed by atoms with E-state index in [4.69, 9.17) is 5.73 Å². The second kappa shape index (κ2) is 6.46. The molecule has 0 saturated heterocycles. The van der Waals surface area contributed by atoms with Crippen molar-refractivity contribution in [2.75, 3.05) is 7.05 Å². The third-order valence-corrected chi connectivity index (χ3v) is 6.40. The van der Waals surface area contributed by atoms with Crippen LogP contribution < -0.4 is 5.73 Å². The minimum Gasteiger partial charge on any atom is -0.328 e. The number of hydrogen-bond donors (Lipinski definition) is 1. The molecule has 0 aromatic heterocycles. The fourth-order valence-corrected chi connectivity index (χ4v) is 4.27. The Morgan fingerprint density at radius 2 is 1.62 bits per heavy atom. The van der Waals surface area contributed by atoms with E-state index in [1.807, 2.05) is 12.1 Å². The van der Waals surface area contributed by atoms with E-state index in [0.717, 1.165) is 31.2 Å². The number of hydrogen-bond acceptors (Lipinski definition) is 3. The average Bonchev–Trinajstić information content (AvgIpc) is 2.47. The molecule has 1 fully saturated rings. The first-order chi connectivity index (χ1) is 9.82. The Labute approximate surface area is 128 Å². The molecule has 0 spiro atoms. The minimum atomic E-state index is -3.41. The maximum absolute atomic E-state index is 12.7. The van der Waals surface area contributed by atoms with Gasteiger partial charge in [0.2, 0.25) is 10.0 Å². The summed E-state index contributed by atoms with van der Waals surface area (Å²) in [7, 11) is -1.72. The van der Waals surface area contributed by atoms with Crippen LogP contribution in [0.2, 0.25) is 0 Å². The van der Waals surface area contributed by atoms with Gasteiger partial charge < -0.3 is 5.73 Å². The van der Waals surface area contributed by atoms with E-state index in [1.165, 1.54) is 4.31 Å². The van der Waals surface area contributed by atoms with E-state index < -0.39 is 10.0 Å². The first kappa shape index (κ1) is 16.5. The summed E-state index contributed by atoms with van der Waals surface area (Å²) in [5, 5.41) is 0. The predicted molar refractivity (Wildman–Crippen MR) is 85.7 cm³/mol. The van der Waals surface area contributed by atoms with Crippen LogP contribution in [0.4, 0.5) is 0 Å². The lowest BCUT2D eigenvalue weighted by molar-refractivity contribution is 0.268. The van der Waals surface area contributed by atoms with Gasteiger partial charge in [-0.2, -0.15) is 4.31 Å².